The summed E-state index contributed by atoms with van der Waals surface area (Å²) in [6, 6.07) is 15.4. The molecule has 0 radical (unpaired) electrons. The van der Waals surface area contributed by atoms with Crippen LogP contribution in [0.2, 0.25) is 0 Å². The molecule has 2 aromatic carbocycles. The van der Waals surface area contributed by atoms with Crippen LogP contribution in [-0.2, 0) is 14.3 Å². The number of morpholine rings is 1. The van der Waals surface area contributed by atoms with E-state index in [-0.39, 0.29) is 18.4 Å². The van der Waals surface area contributed by atoms with Crippen LogP contribution in [0.25, 0.3) is 0 Å². The Labute approximate surface area is 186 Å². The van der Waals surface area contributed by atoms with E-state index >= 15 is 0 Å². The maximum Gasteiger partial charge on any atom is 0.260 e. The molecular formula is C23H27N3O4S. The maximum absolute atomic E-state index is 12.1. The normalized spacial score (nSPS) is 13.9. The van der Waals surface area contributed by atoms with Gasteiger partial charge in [-0.1, -0.05) is 17.7 Å². The fourth-order valence-corrected chi connectivity index (χ4v) is 3.68. The smallest absolute Gasteiger partial charge is 0.260 e. The molecule has 8 heteroatoms. The first-order valence-corrected chi connectivity index (χ1v) is 11.2. The Morgan fingerprint density at radius 2 is 1.84 bits per heavy atom. The van der Waals surface area contributed by atoms with Crippen LogP contribution in [0.4, 0.5) is 0 Å². The van der Waals surface area contributed by atoms with Gasteiger partial charge in [-0.3, -0.25) is 9.59 Å². The number of thioether (sulfide) groups is 1. The molecule has 1 fully saturated rings. The highest BCUT2D eigenvalue weighted by Gasteiger charge is 2.17. The quantitative estimate of drug-likeness (QED) is 0.368. The molecule has 0 bridgehead atoms. The summed E-state index contributed by atoms with van der Waals surface area (Å²) in [6.07, 6.45) is 1.97. The summed E-state index contributed by atoms with van der Waals surface area (Å²) in [5, 5.41) is 4.00. The minimum Gasteiger partial charge on any atom is -0.484 e. The lowest BCUT2D eigenvalue weighted by Crippen LogP contribution is -2.42. The highest BCUT2D eigenvalue weighted by molar-refractivity contribution is 7.99. The van der Waals surface area contributed by atoms with Crippen LogP contribution in [0.1, 0.15) is 17.5 Å². The number of carbonyl (C=O) groups excluding carboxylic acids is 2. The summed E-state index contributed by atoms with van der Waals surface area (Å²) >= 11 is 1.64. The van der Waals surface area contributed by atoms with Crippen LogP contribution < -0.4 is 10.2 Å². The number of ether oxygens (including phenoxy) is 2. The van der Waals surface area contributed by atoms with Crippen molar-refractivity contribution < 1.29 is 19.1 Å². The standard InChI is InChI=1S/C23H27N3O4S/c1-18-2-8-21(9-3-18)31-15-10-22(27)25-24-16-19-4-6-20(7-5-19)30-17-23(28)26-11-13-29-14-12-26/h2-9,16H,10-15,17H2,1H3,(H,25,27)/b24-16-. The number of benzene rings is 2. The number of carbonyl (C=O) groups is 2. The number of hydrogen-bond donors (Lipinski definition) is 1. The minimum atomic E-state index is -0.127. The predicted octanol–water partition coefficient (Wildman–Crippen LogP) is 2.87. The van der Waals surface area contributed by atoms with Gasteiger partial charge in [0.25, 0.3) is 5.91 Å². The van der Waals surface area contributed by atoms with Crippen molar-refractivity contribution in [3.05, 3.63) is 59.7 Å². The van der Waals surface area contributed by atoms with E-state index in [4.69, 9.17) is 9.47 Å². The third-order valence-corrected chi connectivity index (χ3v) is 5.64. The van der Waals surface area contributed by atoms with Gasteiger partial charge < -0.3 is 14.4 Å². The number of aryl methyl sites for hydroxylation is 1. The molecule has 1 aliphatic rings. The van der Waals surface area contributed by atoms with Crippen molar-refractivity contribution in [2.24, 2.45) is 5.10 Å². The zero-order valence-electron chi connectivity index (χ0n) is 17.6. The minimum absolute atomic E-state index is 0.00406. The van der Waals surface area contributed by atoms with Gasteiger partial charge in [-0.15, -0.1) is 11.8 Å². The van der Waals surface area contributed by atoms with E-state index in [1.807, 2.05) is 19.1 Å². The lowest BCUT2D eigenvalue weighted by Gasteiger charge is -2.26. The Hall–Kier alpha value is -2.84. The van der Waals surface area contributed by atoms with Gasteiger partial charge in [-0.05, 0) is 48.9 Å². The van der Waals surface area contributed by atoms with Crippen molar-refractivity contribution in [2.45, 2.75) is 18.2 Å². The SMILES string of the molecule is Cc1ccc(SCCC(=O)N/N=C\c2ccc(OCC(=O)N3CCOCC3)cc2)cc1. The molecule has 0 spiro atoms. The summed E-state index contributed by atoms with van der Waals surface area (Å²) < 4.78 is 10.8. The van der Waals surface area contributed by atoms with E-state index in [1.54, 1.807) is 35.0 Å². The van der Waals surface area contributed by atoms with Gasteiger partial charge in [0.15, 0.2) is 6.61 Å². The number of hydrogen-bond acceptors (Lipinski definition) is 6. The highest BCUT2D eigenvalue weighted by atomic mass is 32.2. The van der Waals surface area contributed by atoms with E-state index in [2.05, 4.69) is 34.8 Å². The first-order valence-electron chi connectivity index (χ1n) is 10.2. The lowest BCUT2D eigenvalue weighted by molar-refractivity contribution is -0.137. The Bertz CT molecular complexity index is 879. The molecule has 1 heterocycles. The number of amides is 2. The maximum atomic E-state index is 12.1. The Balaban J connectivity index is 1.34. The second-order valence-corrected chi connectivity index (χ2v) is 8.22. The van der Waals surface area contributed by atoms with Gasteiger partial charge >= 0.3 is 0 Å². The zero-order chi connectivity index (χ0) is 21.9. The molecule has 1 aliphatic heterocycles. The molecule has 2 aromatic rings. The second kappa shape index (κ2) is 12.1. The number of rotatable bonds is 9. The van der Waals surface area contributed by atoms with Crippen LogP contribution in [0, 0.1) is 6.92 Å². The summed E-state index contributed by atoms with van der Waals surface area (Å²) in [4.78, 5) is 26.9. The summed E-state index contributed by atoms with van der Waals surface area (Å²) in [5.41, 5.74) is 4.58. The fraction of sp³-hybridized carbons (Fsp3) is 0.348. The Morgan fingerprint density at radius 1 is 1.13 bits per heavy atom. The van der Waals surface area contributed by atoms with Gasteiger partial charge in [0.1, 0.15) is 5.75 Å². The molecule has 1 saturated heterocycles. The molecule has 0 aliphatic carbocycles. The van der Waals surface area contributed by atoms with Gasteiger partial charge in [-0.25, -0.2) is 5.43 Å². The van der Waals surface area contributed by atoms with E-state index in [9.17, 15) is 9.59 Å². The molecule has 7 nitrogen and oxygen atoms in total. The van der Waals surface area contributed by atoms with Crippen molar-refractivity contribution in [1.82, 2.24) is 10.3 Å². The van der Waals surface area contributed by atoms with Crippen LogP contribution >= 0.6 is 11.8 Å². The third kappa shape index (κ3) is 8.07. The highest BCUT2D eigenvalue weighted by Crippen LogP contribution is 2.18. The van der Waals surface area contributed by atoms with E-state index in [0.717, 1.165) is 10.5 Å². The van der Waals surface area contributed by atoms with Gasteiger partial charge in [0.2, 0.25) is 5.91 Å². The van der Waals surface area contributed by atoms with E-state index < -0.39 is 0 Å². The summed E-state index contributed by atoms with van der Waals surface area (Å²) in [7, 11) is 0. The zero-order valence-corrected chi connectivity index (χ0v) is 18.4. The molecule has 0 aromatic heterocycles. The number of nitrogens with one attached hydrogen (secondary N) is 1. The molecule has 0 atom stereocenters. The molecule has 31 heavy (non-hydrogen) atoms. The lowest BCUT2D eigenvalue weighted by atomic mass is 10.2. The van der Waals surface area contributed by atoms with Crippen molar-refractivity contribution in [1.29, 1.82) is 0 Å². The molecule has 2 amide bonds. The fourth-order valence-electron chi connectivity index (χ4n) is 2.83. The molecule has 1 N–H and O–H groups in total. The molecular weight excluding hydrogens is 414 g/mol. The van der Waals surface area contributed by atoms with Gasteiger partial charge in [0.05, 0.1) is 19.4 Å². The average molecular weight is 442 g/mol. The summed E-state index contributed by atoms with van der Waals surface area (Å²) in [6.45, 7) is 4.41. The first kappa shape index (κ1) is 22.8. The van der Waals surface area contributed by atoms with Crippen molar-refractivity contribution in [2.75, 3.05) is 38.7 Å². The van der Waals surface area contributed by atoms with E-state index in [1.165, 1.54) is 5.56 Å². The van der Waals surface area contributed by atoms with Crippen LogP contribution in [0.5, 0.6) is 5.75 Å². The predicted molar refractivity (Wildman–Crippen MR) is 122 cm³/mol. The molecule has 0 unspecified atom stereocenters. The van der Waals surface area contributed by atoms with Crippen molar-refractivity contribution >= 4 is 29.8 Å². The molecule has 3 rings (SSSR count). The van der Waals surface area contributed by atoms with Crippen LogP contribution in [-0.4, -0.2) is 61.6 Å². The molecule has 164 valence electrons. The number of hydrazone groups is 1. The third-order valence-electron chi connectivity index (χ3n) is 4.63. The van der Waals surface area contributed by atoms with Gasteiger partial charge in [0, 0.05) is 30.2 Å². The Morgan fingerprint density at radius 3 is 2.55 bits per heavy atom. The topological polar surface area (TPSA) is 80.2 Å². The van der Waals surface area contributed by atoms with Crippen molar-refractivity contribution in [3.63, 3.8) is 0 Å². The van der Waals surface area contributed by atoms with Crippen LogP contribution in [0.3, 0.4) is 0 Å². The van der Waals surface area contributed by atoms with Crippen molar-refractivity contribution in [3.8, 4) is 5.75 Å². The van der Waals surface area contributed by atoms with E-state index in [0.29, 0.717) is 44.2 Å². The monoisotopic (exact) mass is 441 g/mol. The second-order valence-electron chi connectivity index (χ2n) is 7.06. The van der Waals surface area contributed by atoms with Crippen LogP contribution in [0.15, 0.2) is 58.5 Å². The average Bonchev–Trinajstić information content (AvgIpc) is 2.80. The molecule has 0 saturated carbocycles. The largest absolute Gasteiger partial charge is 0.484 e. The summed E-state index contributed by atoms with van der Waals surface area (Å²) in [5.74, 6) is 1.13. The van der Waals surface area contributed by atoms with Gasteiger partial charge in [-0.2, -0.15) is 5.10 Å². The number of nitrogens with zero attached hydrogens (tertiary/aromatic N) is 2. The first-order chi connectivity index (χ1) is 15.1. The Kier molecular flexibility index (Phi) is 8.93.